The van der Waals surface area contributed by atoms with E-state index < -0.39 is 0 Å². The minimum atomic E-state index is -0.250. The summed E-state index contributed by atoms with van der Waals surface area (Å²) in [5.74, 6) is 0.812. The summed E-state index contributed by atoms with van der Waals surface area (Å²) in [6.45, 7) is 4.01. The number of fused-ring (bicyclic) bond motifs is 1. The van der Waals surface area contributed by atoms with Gasteiger partial charge in [-0.05, 0) is 19.1 Å². The molecule has 1 aromatic carbocycles. The van der Waals surface area contributed by atoms with Crippen molar-refractivity contribution < 1.29 is 9.47 Å². The zero-order valence-electron chi connectivity index (χ0n) is 11.8. The number of nitrogens with zero attached hydrogens (tertiary/aromatic N) is 2. The molecule has 1 aliphatic heterocycles. The van der Waals surface area contributed by atoms with Gasteiger partial charge in [0.05, 0.1) is 23.3 Å². The lowest BCUT2D eigenvalue weighted by Gasteiger charge is -2.26. The van der Waals surface area contributed by atoms with Crippen molar-refractivity contribution in [1.29, 1.82) is 0 Å². The van der Waals surface area contributed by atoms with Gasteiger partial charge in [-0.1, -0.05) is 12.1 Å². The Kier molecular flexibility index (Phi) is 3.54. The fourth-order valence-corrected chi connectivity index (χ4v) is 2.46. The molecule has 1 fully saturated rings. The van der Waals surface area contributed by atoms with Crippen molar-refractivity contribution in [1.82, 2.24) is 9.97 Å². The predicted octanol–water partition coefficient (Wildman–Crippen LogP) is 2.16. The minimum absolute atomic E-state index is 0.250. The van der Waals surface area contributed by atoms with Crippen LogP contribution in [-0.4, -0.2) is 42.4 Å². The van der Waals surface area contributed by atoms with Crippen LogP contribution in [0.3, 0.4) is 0 Å². The maximum Gasteiger partial charge on any atom is 0.148 e. The van der Waals surface area contributed by atoms with E-state index in [0.717, 1.165) is 35.6 Å². The van der Waals surface area contributed by atoms with E-state index in [-0.39, 0.29) is 5.60 Å². The van der Waals surface area contributed by atoms with Crippen molar-refractivity contribution in [3.8, 4) is 0 Å². The SMILES string of the molecule is COC1(CNc2nc3ccccc3nc2C)CCOC1. The van der Waals surface area contributed by atoms with Crippen molar-refractivity contribution in [3.05, 3.63) is 30.0 Å². The van der Waals surface area contributed by atoms with E-state index in [1.54, 1.807) is 7.11 Å². The van der Waals surface area contributed by atoms with E-state index in [1.165, 1.54) is 0 Å². The van der Waals surface area contributed by atoms with E-state index in [4.69, 9.17) is 9.47 Å². The van der Waals surface area contributed by atoms with E-state index in [1.807, 2.05) is 31.2 Å². The number of hydrogen-bond acceptors (Lipinski definition) is 5. The number of nitrogens with one attached hydrogen (secondary N) is 1. The third-order valence-electron chi connectivity index (χ3n) is 3.82. The van der Waals surface area contributed by atoms with Gasteiger partial charge in [0.2, 0.25) is 0 Å². The first-order valence-corrected chi connectivity index (χ1v) is 6.83. The molecule has 0 amide bonds. The molecule has 3 rings (SSSR count). The number of aromatic nitrogens is 2. The molecule has 1 unspecified atom stereocenters. The second-order valence-electron chi connectivity index (χ2n) is 5.19. The van der Waals surface area contributed by atoms with Crippen LogP contribution in [0, 0.1) is 6.92 Å². The topological polar surface area (TPSA) is 56.3 Å². The van der Waals surface area contributed by atoms with Crippen molar-refractivity contribution in [3.63, 3.8) is 0 Å². The standard InChI is InChI=1S/C15H19N3O2/c1-11-14(16-9-15(19-2)7-8-20-10-15)18-13-6-4-3-5-12(13)17-11/h3-6H,7-10H2,1-2H3,(H,16,18). The van der Waals surface area contributed by atoms with Gasteiger partial charge in [0, 0.05) is 26.7 Å². The monoisotopic (exact) mass is 273 g/mol. The summed E-state index contributed by atoms with van der Waals surface area (Å²) < 4.78 is 11.1. The lowest BCUT2D eigenvalue weighted by Crippen LogP contribution is -2.39. The van der Waals surface area contributed by atoms with Gasteiger partial charge in [0.1, 0.15) is 11.4 Å². The molecule has 0 radical (unpaired) electrons. The molecule has 0 bridgehead atoms. The van der Waals surface area contributed by atoms with Crippen LogP contribution < -0.4 is 5.32 Å². The molecule has 1 N–H and O–H groups in total. The zero-order valence-corrected chi connectivity index (χ0v) is 11.8. The van der Waals surface area contributed by atoms with E-state index in [0.29, 0.717) is 13.2 Å². The number of hydrogen-bond donors (Lipinski definition) is 1. The van der Waals surface area contributed by atoms with Crippen LogP contribution in [0.15, 0.2) is 24.3 Å². The molecule has 5 nitrogen and oxygen atoms in total. The summed E-state index contributed by atoms with van der Waals surface area (Å²) in [6, 6.07) is 7.88. The first kappa shape index (κ1) is 13.3. The number of rotatable bonds is 4. The normalized spacial score (nSPS) is 22.3. The number of aryl methyl sites for hydroxylation is 1. The number of methoxy groups -OCH3 is 1. The molecular formula is C15H19N3O2. The van der Waals surface area contributed by atoms with Gasteiger partial charge in [-0.25, -0.2) is 9.97 Å². The summed E-state index contributed by atoms with van der Waals surface area (Å²) in [7, 11) is 1.73. The molecular weight excluding hydrogens is 254 g/mol. The van der Waals surface area contributed by atoms with Gasteiger partial charge in [0.25, 0.3) is 0 Å². The summed E-state index contributed by atoms with van der Waals surface area (Å²) in [4.78, 5) is 9.20. The van der Waals surface area contributed by atoms with E-state index in [9.17, 15) is 0 Å². The first-order chi connectivity index (χ1) is 9.72. The van der Waals surface area contributed by atoms with Crippen molar-refractivity contribution >= 4 is 16.9 Å². The highest BCUT2D eigenvalue weighted by atomic mass is 16.5. The van der Waals surface area contributed by atoms with Crippen LogP contribution in [0.4, 0.5) is 5.82 Å². The molecule has 0 aliphatic carbocycles. The van der Waals surface area contributed by atoms with Crippen LogP contribution in [-0.2, 0) is 9.47 Å². The van der Waals surface area contributed by atoms with Gasteiger partial charge in [-0.2, -0.15) is 0 Å². The summed E-state index contributed by atoms with van der Waals surface area (Å²) >= 11 is 0. The third kappa shape index (κ3) is 2.46. The van der Waals surface area contributed by atoms with E-state index in [2.05, 4.69) is 15.3 Å². The van der Waals surface area contributed by atoms with E-state index >= 15 is 0 Å². The Morgan fingerprint density at radius 2 is 2.05 bits per heavy atom. The van der Waals surface area contributed by atoms with Gasteiger partial charge in [-0.15, -0.1) is 0 Å². The smallest absolute Gasteiger partial charge is 0.148 e. The fourth-order valence-electron chi connectivity index (χ4n) is 2.46. The molecule has 2 heterocycles. The molecule has 1 saturated heterocycles. The van der Waals surface area contributed by atoms with Crippen LogP contribution >= 0.6 is 0 Å². The van der Waals surface area contributed by atoms with Gasteiger partial charge in [-0.3, -0.25) is 0 Å². The minimum Gasteiger partial charge on any atom is -0.378 e. The average molecular weight is 273 g/mol. The molecule has 0 spiro atoms. The fraction of sp³-hybridized carbons (Fsp3) is 0.467. The van der Waals surface area contributed by atoms with Crippen LogP contribution in [0.5, 0.6) is 0 Å². The summed E-state index contributed by atoms with van der Waals surface area (Å²) in [5, 5.41) is 3.36. The summed E-state index contributed by atoms with van der Waals surface area (Å²) in [6.07, 6.45) is 0.899. The number of ether oxygens (including phenoxy) is 2. The largest absolute Gasteiger partial charge is 0.378 e. The lowest BCUT2D eigenvalue weighted by atomic mass is 10.0. The molecule has 1 aromatic heterocycles. The quantitative estimate of drug-likeness (QED) is 0.925. The zero-order chi connectivity index (χ0) is 14.0. The van der Waals surface area contributed by atoms with Gasteiger partial charge < -0.3 is 14.8 Å². The van der Waals surface area contributed by atoms with Gasteiger partial charge >= 0.3 is 0 Å². The van der Waals surface area contributed by atoms with Crippen LogP contribution in [0.2, 0.25) is 0 Å². The average Bonchev–Trinajstić information content (AvgIpc) is 2.94. The number of para-hydroxylation sites is 2. The number of anilines is 1. The first-order valence-electron chi connectivity index (χ1n) is 6.83. The predicted molar refractivity (Wildman–Crippen MR) is 77.9 cm³/mol. The maximum absolute atomic E-state index is 5.61. The Morgan fingerprint density at radius 1 is 1.30 bits per heavy atom. The Hall–Kier alpha value is -1.72. The Labute approximate surface area is 118 Å². The molecule has 1 aliphatic rings. The molecule has 5 heteroatoms. The Balaban J connectivity index is 1.81. The maximum atomic E-state index is 5.61. The Morgan fingerprint density at radius 3 is 2.70 bits per heavy atom. The molecule has 2 aromatic rings. The second kappa shape index (κ2) is 5.34. The highest BCUT2D eigenvalue weighted by Crippen LogP contribution is 2.24. The van der Waals surface area contributed by atoms with Crippen LogP contribution in [0.1, 0.15) is 12.1 Å². The number of benzene rings is 1. The highest BCUT2D eigenvalue weighted by Gasteiger charge is 2.34. The summed E-state index contributed by atoms with van der Waals surface area (Å²) in [5.41, 5.74) is 2.46. The molecule has 1 atom stereocenters. The third-order valence-corrected chi connectivity index (χ3v) is 3.82. The molecule has 0 saturated carbocycles. The van der Waals surface area contributed by atoms with Crippen molar-refractivity contribution in [2.45, 2.75) is 18.9 Å². The van der Waals surface area contributed by atoms with Crippen LogP contribution in [0.25, 0.3) is 11.0 Å². The second-order valence-corrected chi connectivity index (χ2v) is 5.19. The van der Waals surface area contributed by atoms with Crippen molar-refractivity contribution in [2.24, 2.45) is 0 Å². The lowest BCUT2D eigenvalue weighted by molar-refractivity contribution is -0.00626. The van der Waals surface area contributed by atoms with Crippen molar-refractivity contribution in [2.75, 3.05) is 32.2 Å². The molecule has 20 heavy (non-hydrogen) atoms. The highest BCUT2D eigenvalue weighted by molar-refractivity contribution is 5.76. The molecule has 106 valence electrons. The Bertz CT molecular complexity index is 609. The van der Waals surface area contributed by atoms with Gasteiger partial charge in [0.15, 0.2) is 0 Å².